The summed E-state index contributed by atoms with van der Waals surface area (Å²) in [5.74, 6) is 0.508. The lowest BCUT2D eigenvalue weighted by Crippen LogP contribution is -2.06. The molecular formula is C8H9N5. The van der Waals surface area contributed by atoms with E-state index in [1.165, 1.54) is 0 Å². The Labute approximate surface area is 75.5 Å². The summed E-state index contributed by atoms with van der Waals surface area (Å²) < 4.78 is 1.58. The van der Waals surface area contributed by atoms with Gasteiger partial charge in [0.1, 0.15) is 0 Å². The van der Waals surface area contributed by atoms with Gasteiger partial charge in [0, 0.05) is 12.4 Å². The quantitative estimate of drug-likeness (QED) is 0.639. The lowest BCUT2D eigenvalue weighted by Gasteiger charge is -2.00. The van der Waals surface area contributed by atoms with Gasteiger partial charge in [-0.15, -0.1) is 5.10 Å². The summed E-state index contributed by atoms with van der Waals surface area (Å²) in [6.07, 6.45) is 3.46. The van der Waals surface area contributed by atoms with E-state index in [9.17, 15) is 0 Å². The molecule has 5 heteroatoms. The van der Waals surface area contributed by atoms with Crippen LogP contribution >= 0.6 is 0 Å². The molecule has 0 bridgehead atoms. The lowest BCUT2D eigenvalue weighted by molar-refractivity contribution is 0.752. The summed E-state index contributed by atoms with van der Waals surface area (Å²) in [5.41, 5.74) is 1.72. The van der Waals surface area contributed by atoms with Gasteiger partial charge in [-0.3, -0.25) is 0 Å². The minimum Gasteiger partial charge on any atom is -0.213 e. The average molecular weight is 175 g/mol. The van der Waals surface area contributed by atoms with Crippen LogP contribution < -0.4 is 0 Å². The van der Waals surface area contributed by atoms with Crippen LogP contribution in [0.5, 0.6) is 0 Å². The first-order valence-electron chi connectivity index (χ1n) is 3.95. The monoisotopic (exact) mass is 175 g/mol. The fourth-order valence-corrected chi connectivity index (χ4v) is 0.930. The summed E-state index contributed by atoms with van der Waals surface area (Å²) in [4.78, 5) is 4.24. The molecule has 2 aromatic heterocycles. The molecule has 0 amide bonds. The fraction of sp³-hybridized carbons (Fsp3) is 0.250. The van der Waals surface area contributed by atoms with Crippen LogP contribution in [0, 0.1) is 13.8 Å². The van der Waals surface area contributed by atoms with Crippen molar-refractivity contribution in [2.24, 2.45) is 0 Å². The van der Waals surface area contributed by atoms with E-state index in [1.54, 1.807) is 17.1 Å². The Kier molecular flexibility index (Phi) is 1.77. The van der Waals surface area contributed by atoms with Gasteiger partial charge >= 0.3 is 0 Å². The van der Waals surface area contributed by atoms with Gasteiger partial charge in [0.2, 0.25) is 0 Å². The van der Waals surface area contributed by atoms with Crippen molar-refractivity contribution >= 4 is 0 Å². The Morgan fingerprint density at radius 1 is 1.15 bits per heavy atom. The molecular weight excluding hydrogens is 166 g/mol. The first kappa shape index (κ1) is 7.85. The van der Waals surface area contributed by atoms with Gasteiger partial charge in [0.15, 0.2) is 0 Å². The summed E-state index contributed by atoms with van der Waals surface area (Å²) in [7, 11) is 0. The summed E-state index contributed by atoms with van der Waals surface area (Å²) in [6.45, 7) is 3.78. The SMILES string of the molecule is Cc1nnc(-n2cccn2)nc1C. The molecule has 0 unspecified atom stereocenters. The molecule has 0 fully saturated rings. The van der Waals surface area contributed by atoms with Crippen LogP contribution in [0.15, 0.2) is 18.5 Å². The Morgan fingerprint density at radius 2 is 2.00 bits per heavy atom. The average Bonchev–Trinajstić information content (AvgIpc) is 2.62. The van der Waals surface area contributed by atoms with Crippen LogP contribution in [0.1, 0.15) is 11.4 Å². The maximum Gasteiger partial charge on any atom is 0.270 e. The van der Waals surface area contributed by atoms with Crippen molar-refractivity contribution in [1.29, 1.82) is 0 Å². The maximum absolute atomic E-state index is 4.24. The highest BCUT2D eigenvalue weighted by atomic mass is 15.4. The molecule has 0 N–H and O–H groups in total. The molecule has 0 saturated heterocycles. The van der Waals surface area contributed by atoms with Crippen molar-refractivity contribution < 1.29 is 0 Å². The summed E-state index contributed by atoms with van der Waals surface area (Å²) in [5, 5.41) is 11.9. The highest BCUT2D eigenvalue weighted by Gasteiger charge is 2.02. The zero-order valence-corrected chi connectivity index (χ0v) is 7.47. The molecule has 66 valence electrons. The second-order valence-electron chi connectivity index (χ2n) is 2.73. The van der Waals surface area contributed by atoms with Crippen molar-refractivity contribution in [3.05, 3.63) is 29.8 Å². The number of hydrogen-bond donors (Lipinski definition) is 0. The van der Waals surface area contributed by atoms with Crippen molar-refractivity contribution in [3.63, 3.8) is 0 Å². The van der Waals surface area contributed by atoms with Gasteiger partial charge in [-0.05, 0) is 19.9 Å². The van der Waals surface area contributed by atoms with E-state index >= 15 is 0 Å². The van der Waals surface area contributed by atoms with Crippen LogP contribution in [0.2, 0.25) is 0 Å². The summed E-state index contributed by atoms with van der Waals surface area (Å²) in [6, 6.07) is 1.82. The van der Waals surface area contributed by atoms with E-state index in [1.807, 2.05) is 19.9 Å². The van der Waals surface area contributed by atoms with Crippen LogP contribution in [0.4, 0.5) is 0 Å². The van der Waals surface area contributed by atoms with E-state index in [0.717, 1.165) is 11.4 Å². The minimum absolute atomic E-state index is 0.508. The molecule has 0 saturated carbocycles. The molecule has 0 aliphatic heterocycles. The van der Waals surface area contributed by atoms with Crippen molar-refractivity contribution in [2.75, 3.05) is 0 Å². The number of nitrogens with zero attached hydrogens (tertiary/aromatic N) is 5. The van der Waals surface area contributed by atoms with Crippen LogP contribution in [-0.4, -0.2) is 25.0 Å². The third-order valence-corrected chi connectivity index (χ3v) is 1.79. The van der Waals surface area contributed by atoms with Gasteiger partial charge in [0.25, 0.3) is 5.95 Å². The Hall–Kier alpha value is -1.78. The second-order valence-corrected chi connectivity index (χ2v) is 2.73. The minimum atomic E-state index is 0.508. The van der Waals surface area contributed by atoms with Gasteiger partial charge < -0.3 is 0 Å². The van der Waals surface area contributed by atoms with E-state index < -0.39 is 0 Å². The highest BCUT2D eigenvalue weighted by molar-refractivity contribution is 5.13. The number of rotatable bonds is 1. The summed E-state index contributed by atoms with van der Waals surface area (Å²) >= 11 is 0. The zero-order valence-electron chi connectivity index (χ0n) is 7.47. The first-order chi connectivity index (χ1) is 6.27. The topological polar surface area (TPSA) is 56.5 Å². The molecule has 2 rings (SSSR count). The van der Waals surface area contributed by atoms with Crippen LogP contribution in [0.3, 0.4) is 0 Å². The number of hydrogen-bond acceptors (Lipinski definition) is 4. The zero-order chi connectivity index (χ0) is 9.26. The molecule has 5 nitrogen and oxygen atoms in total. The largest absolute Gasteiger partial charge is 0.270 e. The highest BCUT2D eigenvalue weighted by Crippen LogP contribution is 2.01. The molecule has 0 spiro atoms. The van der Waals surface area contributed by atoms with Gasteiger partial charge in [-0.1, -0.05) is 0 Å². The van der Waals surface area contributed by atoms with E-state index in [-0.39, 0.29) is 0 Å². The van der Waals surface area contributed by atoms with Gasteiger partial charge in [0.05, 0.1) is 11.4 Å². The molecule has 2 aromatic rings. The predicted molar refractivity (Wildman–Crippen MR) is 46.4 cm³/mol. The standard InChI is InChI=1S/C8H9N5/c1-6-7(2)11-12-8(10-6)13-5-3-4-9-13/h3-5H,1-2H3. The number of aromatic nitrogens is 5. The fourth-order valence-electron chi connectivity index (χ4n) is 0.930. The predicted octanol–water partition coefficient (Wildman–Crippen LogP) is 0.674. The molecule has 2 heterocycles. The lowest BCUT2D eigenvalue weighted by atomic mass is 10.4. The third kappa shape index (κ3) is 1.40. The van der Waals surface area contributed by atoms with Crippen molar-refractivity contribution in [3.8, 4) is 5.95 Å². The van der Waals surface area contributed by atoms with Crippen molar-refractivity contribution in [1.82, 2.24) is 25.0 Å². The molecule has 13 heavy (non-hydrogen) atoms. The third-order valence-electron chi connectivity index (χ3n) is 1.79. The normalized spacial score (nSPS) is 10.3. The first-order valence-corrected chi connectivity index (χ1v) is 3.95. The maximum atomic E-state index is 4.24. The Bertz CT molecular complexity index is 406. The smallest absolute Gasteiger partial charge is 0.213 e. The Morgan fingerprint density at radius 3 is 2.62 bits per heavy atom. The molecule has 0 aromatic carbocycles. The Balaban J connectivity index is 2.49. The van der Waals surface area contributed by atoms with E-state index in [2.05, 4.69) is 20.3 Å². The molecule has 0 radical (unpaired) electrons. The van der Waals surface area contributed by atoms with E-state index in [4.69, 9.17) is 0 Å². The van der Waals surface area contributed by atoms with Crippen LogP contribution in [-0.2, 0) is 0 Å². The van der Waals surface area contributed by atoms with Crippen LogP contribution in [0.25, 0.3) is 5.95 Å². The van der Waals surface area contributed by atoms with Gasteiger partial charge in [-0.25, -0.2) is 9.67 Å². The van der Waals surface area contributed by atoms with Gasteiger partial charge in [-0.2, -0.15) is 10.2 Å². The van der Waals surface area contributed by atoms with Crippen molar-refractivity contribution in [2.45, 2.75) is 13.8 Å². The van der Waals surface area contributed by atoms with E-state index in [0.29, 0.717) is 5.95 Å². The molecule has 0 atom stereocenters. The molecule has 0 aliphatic rings. The number of aryl methyl sites for hydroxylation is 2. The second kappa shape index (κ2) is 2.93. The molecule has 0 aliphatic carbocycles.